The first kappa shape index (κ1) is 11.8. The maximum Gasteiger partial charge on any atom is 0.158 e. The summed E-state index contributed by atoms with van der Waals surface area (Å²) < 4.78 is 2.21. The van der Waals surface area contributed by atoms with Crippen molar-refractivity contribution >= 4 is 0 Å². The van der Waals surface area contributed by atoms with Gasteiger partial charge in [0, 0.05) is 24.1 Å². The highest BCUT2D eigenvalue weighted by molar-refractivity contribution is 5.50. The van der Waals surface area contributed by atoms with Crippen LogP contribution in [0.3, 0.4) is 0 Å². The Balaban J connectivity index is 2.36. The minimum atomic E-state index is 0.472. The highest BCUT2D eigenvalue weighted by atomic mass is 15.1. The lowest BCUT2D eigenvalue weighted by molar-refractivity contribution is 0.504. The molecule has 0 amide bonds. The molecule has 17 heavy (non-hydrogen) atoms. The van der Waals surface area contributed by atoms with Gasteiger partial charge in [0.2, 0.25) is 0 Å². The average Bonchev–Trinajstić information content (AvgIpc) is 2.78. The molecule has 0 N–H and O–H groups in total. The molecule has 0 aromatic carbocycles. The van der Waals surface area contributed by atoms with Gasteiger partial charge < -0.3 is 4.57 Å². The number of rotatable bonds is 4. The van der Waals surface area contributed by atoms with Crippen LogP contribution < -0.4 is 0 Å². The first-order valence-corrected chi connectivity index (χ1v) is 6.19. The standard InChI is InChI=1S/C14H19N3/c1-4-6-12(3)17-10-9-15-14(17)13-8-5-7-11(2)16-13/h5,7-10,12H,4,6H2,1-3H3/t12-/m1/s1. The van der Waals surface area contributed by atoms with E-state index < -0.39 is 0 Å². The molecule has 2 rings (SSSR count). The molecule has 0 aliphatic rings. The van der Waals surface area contributed by atoms with Crippen LogP contribution in [0.25, 0.3) is 11.5 Å². The number of pyridine rings is 1. The van der Waals surface area contributed by atoms with Crippen LogP contribution in [-0.4, -0.2) is 14.5 Å². The Morgan fingerprint density at radius 1 is 1.35 bits per heavy atom. The Bertz CT molecular complexity index is 488. The van der Waals surface area contributed by atoms with Crippen LogP contribution in [0.2, 0.25) is 0 Å². The third kappa shape index (κ3) is 2.54. The van der Waals surface area contributed by atoms with Crippen LogP contribution in [-0.2, 0) is 0 Å². The van der Waals surface area contributed by atoms with Crippen molar-refractivity contribution in [1.82, 2.24) is 14.5 Å². The van der Waals surface area contributed by atoms with Gasteiger partial charge in [-0.2, -0.15) is 0 Å². The van der Waals surface area contributed by atoms with Gasteiger partial charge in [0.15, 0.2) is 5.82 Å². The van der Waals surface area contributed by atoms with E-state index in [1.165, 1.54) is 6.42 Å². The van der Waals surface area contributed by atoms with Crippen molar-refractivity contribution < 1.29 is 0 Å². The Labute approximate surface area is 103 Å². The third-order valence-corrected chi connectivity index (χ3v) is 2.97. The predicted octanol–water partition coefficient (Wildman–Crippen LogP) is 3.61. The highest BCUT2D eigenvalue weighted by Crippen LogP contribution is 2.22. The number of nitrogens with zero attached hydrogens (tertiary/aromatic N) is 3. The van der Waals surface area contributed by atoms with Crippen LogP contribution in [0.1, 0.15) is 38.4 Å². The van der Waals surface area contributed by atoms with E-state index in [-0.39, 0.29) is 0 Å². The third-order valence-electron chi connectivity index (χ3n) is 2.97. The van der Waals surface area contributed by atoms with E-state index in [1.54, 1.807) is 0 Å². The zero-order valence-electron chi connectivity index (χ0n) is 10.7. The van der Waals surface area contributed by atoms with Gasteiger partial charge in [0.05, 0.1) is 0 Å². The summed E-state index contributed by atoms with van der Waals surface area (Å²) in [7, 11) is 0. The van der Waals surface area contributed by atoms with Crippen molar-refractivity contribution in [3.05, 3.63) is 36.3 Å². The first-order valence-electron chi connectivity index (χ1n) is 6.19. The fourth-order valence-corrected chi connectivity index (χ4v) is 2.09. The Morgan fingerprint density at radius 3 is 2.88 bits per heavy atom. The quantitative estimate of drug-likeness (QED) is 0.801. The largest absolute Gasteiger partial charge is 0.327 e. The molecule has 0 fully saturated rings. The Morgan fingerprint density at radius 2 is 2.18 bits per heavy atom. The molecule has 3 heteroatoms. The molecule has 90 valence electrons. The van der Waals surface area contributed by atoms with E-state index in [9.17, 15) is 0 Å². The molecule has 0 radical (unpaired) electrons. The second kappa shape index (κ2) is 5.13. The van der Waals surface area contributed by atoms with Gasteiger partial charge in [-0.25, -0.2) is 9.97 Å². The molecule has 2 aromatic heterocycles. The van der Waals surface area contributed by atoms with E-state index in [0.29, 0.717) is 6.04 Å². The number of imidazole rings is 1. The van der Waals surface area contributed by atoms with Crippen molar-refractivity contribution in [2.45, 2.75) is 39.7 Å². The second-order valence-electron chi connectivity index (χ2n) is 4.46. The monoisotopic (exact) mass is 229 g/mol. The summed E-state index contributed by atoms with van der Waals surface area (Å²) in [5, 5.41) is 0. The zero-order valence-corrected chi connectivity index (χ0v) is 10.7. The lowest BCUT2D eigenvalue weighted by atomic mass is 10.2. The van der Waals surface area contributed by atoms with Crippen LogP contribution in [0.15, 0.2) is 30.6 Å². The lowest BCUT2D eigenvalue weighted by Gasteiger charge is -2.15. The molecular formula is C14H19N3. The van der Waals surface area contributed by atoms with Gasteiger partial charge in [-0.1, -0.05) is 19.4 Å². The number of aryl methyl sites for hydroxylation is 1. The molecule has 2 aromatic rings. The molecule has 0 aliphatic carbocycles. The van der Waals surface area contributed by atoms with Crippen LogP contribution >= 0.6 is 0 Å². The molecule has 0 saturated carbocycles. The smallest absolute Gasteiger partial charge is 0.158 e. The van der Waals surface area contributed by atoms with Gasteiger partial charge in [-0.05, 0) is 32.4 Å². The maximum absolute atomic E-state index is 4.54. The van der Waals surface area contributed by atoms with E-state index >= 15 is 0 Å². The zero-order chi connectivity index (χ0) is 12.3. The second-order valence-corrected chi connectivity index (χ2v) is 4.46. The van der Waals surface area contributed by atoms with Gasteiger partial charge >= 0.3 is 0 Å². The summed E-state index contributed by atoms with van der Waals surface area (Å²) in [5.41, 5.74) is 1.98. The topological polar surface area (TPSA) is 30.7 Å². The van der Waals surface area contributed by atoms with Crippen molar-refractivity contribution in [3.8, 4) is 11.5 Å². The molecule has 0 unspecified atom stereocenters. The van der Waals surface area contributed by atoms with E-state index in [1.807, 2.05) is 37.5 Å². The van der Waals surface area contributed by atoms with Gasteiger partial charge in [-0.15, -0.1) is 0 Å². The lowest BCUT2D eigenvalue weighted by Crippen LogP contribution is -2.06. The SMILES string of the molecule is CCC[C@@H](C)n1ccnc1-c1cccc(C)n1. The van der Waals surface area contributed by atoms with E-state index in [0.717, 1.165) is 23.6 Å². The van der Waals surface area contributed by atoms with Crippen LogP contribution in [0.5, 0.6) is 0 Å². The van der Waals surface area contributed by atoms with Crippen molar-refractivity contribution in [2.75, 3.05) is 0 Å². The number of hydrogen-bond acceptors (Lipinski definition) is 2. The minimum absolute atomic E-state index is 0.472. The maximum atomic E-state index is 4.54. The summed E-state index contributed by atoms with van der Waals surface area (Å²) in [4.78, 5) is 8.97. The highest BCUT2D eigenvalue weighted by Gasteiger charge is 2.11. The number of hydrogen-bond donors (Lipinski definition) is 0. The molecule has 0 spiro atoms. The van der Waals surface area contributed by atoms with Crippen molar-refractivity contribution in [2.24, 2.45) is 0 Å². The first-order chi connectivity index (χ1) is 8.22. The van der Waals surface area contributed by atoms with Gasteiger partial charge in [0.25, 0.3) is 0 Å². The Hall–Kier alpha value is -1.64. The summed E-state index contributed by atoms with van der Waals surface area (Å²) >= 11 is 0. The molecule has 3 nitrogen and oxygen atoms in total. The van der Waals surface area contributed by atoms with Crippen molar-refractivity contribution in [1.29, 1.82) is 0 Å². The summed E-state index contributed by atoms with van der Waals surface area (Å²) in [5.74, 6) is 0.967. The van der Waals surface area contributed by atoms with Gasteiger partial charge in [0.1, 0.15) is 5.69 Å². The van der Waals surface area contributed by atoms with E-state index in [2.05, 4.69) is 28.4 Å². The van der Waals surface area contributed by atoms with Crippen LogP contribution in [0, 0.1) is 6.92 Å². The van der Waals surface area contributed by atoms with Gasteiger partial charge in [-0.3, -0.25) is 0 Å². The number of aromatic nitrogens is 3. The molecule has 0 bridgehead atoms. The summed E-state index contributed by atoms with van der Waals surface area (Å²) in [6.07, 6.45) is 6.24. The molecule has 1 atom stereocenters. The normalized spacial score (nSPS) is 12.6. The molecule has 2 heterocycles. The average molecular weight is 229 g/mol. The minimum Gasteiger partial charge on any atom is -0.327 e. The summed E-state index contributed by atoms with van der Waals surface area (Å²) in [6, 6.07) is 6.53. The molecule has 0 aliphatic heterocycles. The van der Waals surface area contributed by atoms with E-state index in [4.69, 9.17) is 0 Å². The summed E-state index contributed by atoms with van der Waals surface area (Å²) in [6.45, 7) is 6.44. The van der Waals surface area contributed by atoms with Crippen molar-refractivity contribution in [3.63, 3.8) is 0 Å². The molecule has 0 saturated heterocycles. The Kier molecular flexibility index (Phi) is 3.57. The molecular weight excluding hydrogens is 210 g/mol. The van der Waals surface area contributed by atoms with Crippen LogP contribution in [0.4, 0.5) is 0 Å². The fourth-order valence-electron chi connectivity index (χ4n) is 2.09. The fraction of sp³-hybridized carbons (Fsp3) is 0.429. The predicted molar refractivity (Wildman–Crippen MR) is 69.8 cm³/mol.